The number of nitrogens with one attached hydrogen (secondary N) is 1. The highest BCUT2D eigenvalue weighted by Gasteiger charge is 2.20. The van der Waals surface area contributed by atoms with Gasteiger partial charge >= 0.3 is 0 Å². The Morgan fingerprint density at radius 3 is 2.21 bits per heavy atom. The van der Waals surface area contributed by atoms with Gasteiger partial charge in [-0.15, -0.1) is 0 Å². The van der Waals surface area contributed by atoms with Gasteiger partial charge in [-0.05, 0) is 42.2 Å². The van der Waals surface area contributed by atoms with Crippen LogP contribution in [0.4, 0.5) is 5.69 Å². The van der Waals surface area contributed by atoms with Gasteiger partial charge in [-0.3, -0.25) is 4.79 Å². The van der Waals surface area contributed by atoms with Crippen molar-refractivity contribution in [1.29, 1.82) is 0 Å². The Labute approximate surface area is 143 Å². The van der Waals surface area contributed by atoms with Crippen molar-refractivity contribution < 1.29 is 14.3 Å². The highest BCUT2D eigenvalue weighted by molar-refractivity contribution is 5.94. The minimum atomic E-state index is -0.578. The fourth-order valence-corrected chi connectivity index (χ4v) is 2.37. The van der Waals surface area contributed by atoms with Crippen molar-refractivity contribution in [1.82, 2.24) is 0 Å². The van der Waals surface area contributed by atoms with Crippen LogP contribution in [0.2, 0.25) is 0 Å². The number of anilines is 1. The van der Waals surface area contributed by atoms with Crippen LogP contribution in [0.25, 0.3) is 0 Å². The van der Waals surface area contributed by atoms with Gasteiger partial charge in [0.15, 0.2) is 17.6 Å². The molecular weight excluding hydrogens is 302 g/mol. The smallest absolute Gasteiger partial charge is 0.265 e. The summed E-state index contributed by atoms with van der Waals surface area (Å²) in [5, 5.41) is 2.91. The topological polar surface area (TPSA) is 47.6 Å². The fraction of sp³-hybridized carbons (Fsp3) is 0.350. The molecule has 0 aliphatic rings. The second-order valence-electron chi connectivity index (χ2n) is 5.93. The Balaban J connectivity index is 2.05. The van der Waals surface area contributed by atoms with Gasteiger partial charge < -0.3 is 14.8 Å². The zero-order chi connectivity index (χ0) is 17.5. The third-order valence-electron chi connectivity index (χ3n) is 3.85. The molecule has 1 amide bonds. The molecule has 0 heterocycles. The van der Waals surface area contributed by atoms with Crippen molar-refractivity contribution in [3.05, 3.63) is 54.1 Å². The van der Waals surface area contributed by atoms with E-state index in [2.05, 4.69) is 19.2 Å². The van der Waals surface area contributed by atoms with E-state index in [-0.39, 0.29) is 5.91 Å². The molecule has 0 unspecified atom stereocenters. The molecule has 0 aliphatic carbocycles. The Morgan fingerprint density at radius 1 is 1.04 bits per heavy atom. The summed E-state index contributed by atoms with van der Waals surface area (Å²) >= 11 is 0. The highest BCUT2D eigenvalue weighted by atomic mass is 16.5. The first kappa shape index (κ1) is 17.9. The number of benzene rings is 2. The minimum Gasteiger partial charge on any atom is -0.493 e. The Bertz CT molecular complexity index is 665. The number of methoxy groups -OCH3 is 1. The monoisotopic (exact) mass is 327 g/mol. The SMILES string of the molecule is CC[C@@H](Oc1ccccc1OC)C(=O)Nc1ccc(C(C)C)cc1. The van der Waals surface area contributed by atoms with Crippen LogP contribution >= 0.6 is 0 Å². The Hall–Kier alpha value is -2.49. The molecule has 128 valence electrons. The lowest BCUT2D eigenvalue weighted by atomic mass is 10.0. The zero-order valence-corrected chi connectivity index (χ0v) is 14.7. The number of carbonyl (C=O) groups is 1. The summed E-state index contributed by atoms with van der Waals surface area (Å²) in [7, 11) is 1.58. The van der Waals surface area contributed by atoms with Crippen LogP contribution in [0, 0.1) is 0 Å². The summed E-state index contributed by atoms with van der Waals surface area (Å²) in [5.41, 5.74) is 2.01. The van der Waals surface area contributed by atoms with Gasteiger partial charge in [-0.2, -0.15) is 0 Å². The normalized spacial score (nSPS) is 11.9. The standard InChI is InChI=1S/C20H25NO3/c1-5-17(24-19-9-7-6-8-18(19)23-4)20(22)21-16-12-10-15(11-13-16)14(2)3/h6-14,17H,5H2,1-4H3,(H,21,22)/t17-/m1/s1. The molecule has 1 N–H and O–H groups in total. The molecule has 0 spiro atoms. The van der Waals surface area contributed by atoms with Gasteiger partial charge in [0.2, 0.25) is 0 Å². The van der Waals surface area contributed by atoms with Crippen LogP contribution in [-0.4, -0.2) is 19.1 Å². The molecule has 0 radical (unpaired) electrons. The van der Waals surface area contributed by atoms with Crippen LogP contribution in [0.15, 0.2) is 48.5 Å². The first-order chi connectivity index (χ1) is 11.5. The number of carbonyl (C=O) groups excluding carboxylic acids is 1. The quantitative estimate of drug-likeness (QED) is 0.807. The van der Waals surface area contributed by atoms with Crippen molar-refractivity contribution in [3.8, 4) is 11.5 Å². The number of amides is 1. The van der Waals surface area contributed by atoms with Gasteiger partial charge in [-0.1, -0.05) is 45.0 Å². The van der Waals surface area contributed by atoms with Gasteiger partial charge in [0.25, 0.3) is 5.91 Å². The van der Waals surface area contributed by atoms with Gasteiger partial charge in [0.05, 0.1) is 7.11 Å². The summed E-state index contributed by atoms with van der Waals surface area (Å²) < 4.78 is 11.1. The van der Waals surface area contributed by atoms with E-state index in [1.54, 1.807) is 13.2 Å². The van der Waals surface area contributed by atoms with E-state index >= 15 is 0 Å². The number of hydrogen-bond donors (Lipinski definition) is 1. The van der Waals surface area contributed by atoms with E-state index < -0.39 is 6.10 Å². The maximum atomic E-state index is 12.5. The van der Waals surface area contributed by atoms with Crippen LogP contribution in [0.5, 0.6) is 11.5 Å². The van der Waals surface area contributed by atoms with Gasteiger partial charge in [0.1, 0.15) is 0 Å². The van der Waals surface area contributed by atoms with Crippen LogP contribution in [-0.2, 0) is 4.79 Å². The summed E-state index contributed by atoms with van der Waals surface area (Å²) in [6.07, 6.45) is -0.0143. The van der Waals surface area contributed by atoms with E-state index in [9.17, 15) is 4.79 Å². The first-order valence-corrected chi connectivity index (χ1v) is 8.25. The third kappa shape index (κ3) is 4.51. The van der Waals surface area contributed by atoms with Crippen LogP contribution in [0.3, 0.4) is 0 Å². The van der Waals surface area contributed by atoms with Gasteiger partial charge in [-0.25, -0.2) is 0 Å². The number of para-hydroxylation sites is 2. The summed E-state index contributed by atoms with van der Waals surface area (Å²) in [4.78, 5) is 12.5. The molecule has 2 aromatic carbocycles. The molecule has 1 atom stereocenters. The van der Waals surface area contributed by atoms with E-state index in [0.29, 0.717) is 23.8 Å². The minimum absolute atomic E-state index is 0.166. The van der Waals surface area contributed by atoms with Crippen molar-refractivity contribution in [3.63, 3.8) is 0 Å². The summed E-state index contributed by atoms with van der Waals surface area (Å²) in [6.45, 7) is 6.20. The largest absolute Gasteiger partial charge is 0.493 e. The van der Waals surface area contributed by atoms with Crippen LogP contribution < -0.4 is 14.8 Å². The predicted octanol–water partition coefficient (Wildman–Crippen LogP) is 4.61. The molecule has 0 aromatic heterocycles. The average Bonchev–Trinajstić information content (AvgIpc) is 2.60. The Kier molecular flexibility index (Phi) is 6.24. The molecule has 0 saturated carbocycles. The number of ether oxygens (including phenoxy) is 2. The summed E-state index contributed by atoms with van der Waals surface area (Å²) in [6, 6.07) is 15.2. The van der Waals surface area contributed by atoms with Crippen molar-refractivity contribution in [2.24, 2.45) is 0 Å². The highest BCUT2D eigenvalue weighted by Crippen LogP contribution is 2.27. The molecule has 4 heteroatoms. The lowest BCUT2D eigenvalue weighted by Gasteiger charge is -2.19. The molecular formula is C20H25NO3. The van der Waals surface area contributed by atoms with E-state index in [1.807, 2.05) is 49.4 Å². The molecule has 0 saturated heterocycles. The van der Waals surface area contributed by atoms with Crippen LogP contribution in [0.1, 0.15) is 38.7 Å². The average molecular weight is 327 g/mol. The van der Waals surface area contributed by atoms with Crippen molar-refractivity contribution >= 4 is 11.6 Å². The predicted molar refractivity (Wildman–Crippen MR) is 96.9 cm³/mol. The van der Waals surface area contributed by atoms with Crippen molar-refractivity contribution in [2.75, 3.05) is 12.4 Å². The second-order valence-corrected chi connectivity index (χ2v) is 5.93. The van der Waals surface area contributed by atoms with E-state index in [4.69, 9.17) is 9.47 Å². The van der Waals surface area contributed by atoms with Gasteiger partial charge in [0, 0.05) is 5.69 Å². The maximum absolute atomic E-state index is 12.5. The van der Waals surface area contributed by atoms with E-state index in [1.165, 1.54) is 5.56 Å². The van der Waals surface area contributed by atoms with E-state index in [0.717, 1.165) is 5.69 Å². The molecule has 2 aromatic rings. The number of rotatable bonds is 7. The second kappa shape index (κ2) is 8.39. The summed E-state index contributed by atoms with van der Waals surface area (Å²) in [5.74, 6) is 1.48. The maximum Gasteiger partial charge on any atom is 0.265 e. The molecule has 0 bridgehead atoms. The molecule has 2 rings (SSSR count). The fourth-order valence-electron chi connectivity index (χ4n) is 2.37. The lowest BCUT2D eigenvalue weighted by Crippen LogP contribution is -2.32. The Morgan fingerprint density at radius 2 is 1.67 bits per heavy atom. The molecule has 0 fully saturated rings. The molecule has 24 heavy (non-hydrogen) atoms. The molecule has 0 aliphatic heterocycles. The lowest BCUT2D eigenvalue weighted by molar-refractivity contribution is -0.122. The third-order valence-corrected chi connectivity index (χ3v) is 3.85. The first-order valence-electron chi connectivity index (χ1n) is 8.25. The zero-order valence-electron chi connectivity index (χ0n) is 14.7. The van der Waals surface area contributed by atoms with Crippen molar-refractivity contribution in [2.45, 2.75) is 39.2 Å². The molecule has 4 nitrogen and oxygen atoms in total. The number of hydrogen-bond acceptors (Lipinski definition) is 3.